The molecule has 0 unspecified atom stereocenters. The average molecular weight is 249 g/mol. The van der Waals surface area contributed by atoms with Crippen molar-refractivity contribution in [3.63, 3.8) is 0 Å². The fraction of sp³-hybridized carbons (Fsp3) is 0.333. The molecular formula is C9H11ClNO3S-. The van der Waals surface area contributed by atoms with Crippen LogP contribution in [0.3, 0.4) is 0 Å². The molecule has 0 saturated carbocycles. The van der Waals surface area contributed by atoms with Gasteiger partial charge in [0.05, 0.1) is 17.1 Å². The van der Waals surface area contributed by atoms with Gasteiger partial charge in [0.25, 0.3) is 0 Å². The summed E-state index contributed by atoms with van der Waals surface area (Å²) in [5.74, 6) is 0.333. The molecule has 0 aliphatic heterocycles. The third-order valence-corrected chi connectivity index (χ3v) is 3.18. The zero-order chi connectivity index (χ0) is 11.5. The van der Waals surface area contributed by atoms with E-state index in [9.17, 15) is 8.42 Å². The van der Waals surface area contributed by atoms with Gasteiger partial charge in [0.1, 0.15) is 5.75 Å². The smallest absolute Gasteiger partial charge is 0.104 e. The molecule has 0 bridgehead atoms. The molecule has 0 atom stereocenters. The number of methoxy groups -OCH3 is 1. The minimum Gasteiger partial charge on any atom is -0.574 e. The lowest BCUT2D eigenvalue weighted by molar-refractivity contribution is 0.417. The molecule has 1 aromatic rings. The van der Waals surface area contributed by atoms with E-state index in [1.165, 1.54) is 20.1 Å². The number of hydrogen-bond acceptors (Lipinski definition) is 3. The molecule has 15 heavy (non-hydrogen) atoms. The third-order valence-electron chi connectivity index (χ3n) is 1.74. The van der Waals surface area contributed by atoms with E-state index in [-0.39, 0.29) is 11.4 Å². The van der Waals surface area contributed by atoms with Gasteiger partial charge in [-0.2, -0.15) is 0 Å². The Morgan fingerprint density at radius 3 is 2.67 bits per heavy atom. The Balaban J connectivity index is 3.08. The van der Waals surface area contributed by atoms with Gasteiger partial charge in [0, 0.05) is 10.8 Å². The van der Waals surface area contributed by atoms with Gasteiger partial charge in [0.2, 0.25) is 0 Å². The third kappa shape index (κ3) is 3.28. The normalized spacial score (nSPS) is 11.1. The lowest BCUT2D eigenvalue weighted by Crippen LogP contribution is -1.99. The Kier molecular flexibility index (Phi) is 3.82. The summed E-state index contributed by atoms with van der Waals surface area (Å²) in [6, 6.07) is 4.64. The van der Waals surface area contributed by atoms with E-state index in [0.717, 1.165) is 0 Å². The summed E-state index contributed by atoms with van der Waals surface area (Å²) < 4.78 is 31.1. The second-order valence-corrected chi connectivity index (χ2v) is 5.14. The molecule has 0 heterocycles. The van der Waals surface area contributed by atoms with Crippen molar-refractivity contribution in [1.29, 1.82) is 0 Å². The van der Waals surface area contributed by atoms with Crippen molar-refractivity contribution < 1.29 is 13.2 Å². The van der Waals surface area contributed by atoms with Crippen molar-refractivity contribution in [3.8, 4) is 5.75 Å². The van der Waals surface area contributed by atoms with E-state index in [4.69, 9.17) is 16.3 Å². The van der Waals surface area contributed by atoms with Crippen molar-refractivity contribution in [2.24, 2.45) is 0 Å². The predicted molar refractivity (Wildman–Crippen MR) is 60.5 cm³/mol. The molecule has 0 aliphatic rings. The van der Waals surface area contributed by atoms with Crippen LogP contribution in [0, 0.1) is 0 Å². The Hall–Kier alpha value is -0.940. The van der Waals surface area contributed by atoms with Gasteiger partial charge in [-0.25, -0.2) is 8.42 Å². The zero-order valence-electron chi connectivity index (χ0n) is 8.40. The SMILES string of the molecule is CCS(=O)(=O)[N-]c1cc(Cl)ccc1OC. The molecule has 4 nitrogen and oxygen atoms in total. The summed E-state index contributed by atoms with van der Waals surface area (Å²) in [4.78, 5) is 0. The van der Waals surface area contributed by atoms with E-state index in [0.29, 0.717) is 10.8 Å². The Labute approximate surface area is 94.3 Å². The van der Waals surface area contributed by atoms with Crippen LogP contribution in [-0.2, 0) is 10.0 Å². The van der Waals surface area contributed by atoms with Gasteiger partial charge in [-0.3, -0.25) is 0 Å². The van der Waals surface area contributed by atoms with Crippen LogP contribution in [0.2, 0.25) is 5.02 Å². The highest BCUT2D eigenvalue weighted by molar-refractivity contribution is 7.94. The Bertz CT molecular complexity index is 445. The Morgan fingerprint density at radius 1 is 1.47 bits per heavy atom. The minimum absolute atomic E-state index is 0.0529. The van der Waals surface area contributed by atoms with Crippen molar-refractivity contribution in [2.75, 3.05) is 12.9 Å². The Morgan fingerprint density at radius 2 is 2.13 bits per heavy atom. The second-order valence-electron chi connectivity index (χ2n) is 2.78. The number of rotatable bonds is 4. The summed E-state index contributed by atoms with van der Waals surface area (Å²) in [7, 11) is -1.99. The van der Waals surface area contributed by atoms with Crippen LogP contribution in [0.5, 0.6) is 5.75 Å². The van der Waals surface area contributed by atoms with Gasteiger partial charge in [-0.1, -0.05) is 30.3 Å². The molecule has 0 aromatic heterocycles. The summed E-state index contributed by atoms with van der Waals surface area (Å²) >= 11 is 5.74. The van der Waals surface area contributed by atoms with E-state index in [1.54, 1.807) is 12.1 Å². The van der Waals surface area contributed by atoms with Crippen molar-refractivity contribution in [1.82, 2.24) is 0 Å². The lowest BCUT2D eigenvalue weighted by atomic mass is 10.3. The van der Waals surface area contributed by atoms with E-state index >= 15 is 0 Å². The minimum atomic E-state index is -3.44. The second kappa shape index (κ2) is 4.72. The molecular weight excluding hydrogens is 238 g/mol. The number of nitrogens with zero attached hydrogens (tertiary/aromatic N) is 1. The first-order valence-electron chi connectivity index (χ1n) is 4.27. The first-order valence-corrected chi connectivity index (χ1v) is 6.26. The molecule has 0 saturated heterocycles. The van der Waals surface area contributed by atoms with Gasteiger partial charge in [0.15, 0.2) is 0 Å². The van der Waals surface area contributed by atoms with Crippen molar-refractivity contribution in [3.05, 3.63) is 27.9 Å². The van der Waals surface area contributed by atoms with Crippen LogP contribution < -0.4 is 4.74 Å². The number of hydrogen-bond donors (Lipinski definition) is 0. The number of halogens is 1. The maximum Gasteiger partial charge on any atom is 0.104 e. The van der Waals surface area contributed by atoms with E-state index in [1.807, 2.05) is 0 Å². The number of benzene rings is 1. The maximum atomic E-state index is 11.3. The van der Waals surface area contributed by atoms with Crippen LogP contribution in [-0.4, -0.2) is 21.3 Å². The molecule has 1 aromatic carbocycles. The standard InChI is InChI=1S/C9H11ClNO3S/c1-3-15(12,13)11-8-6-7(10)4-5-9(8)14-2/h4-6H,3H2,1-2H3/q-1. The highest BCUT2D eigenvalue weighted by atomic mass is 35.5. The monoisotopic (exact) mass is 248 g/mol. The molecule has 6 heteroatoms. The van der Waals surface area contributed by atoms with Crippen LogP contribution in [0.25, 0.3) is 4.72 Å². The molecule has 0 fully saturated rings. The highest BCUT2D eigenvalue weighted by Gasteiger charge is 2.00. The van der Waals surface area contributed by atoms with Crippen LogP contribution in [0.1, 0.15) is 6.92 Å². The molecule has 0 radical (unpaired) electrons. The van der Waals surface area contributed by atoms with Crippen molar-refractivity contribution >= 4 is 27.3 Å². The molecule has 0 spiro atoms. The van der Waals surface area contributed by atoms with E-state index in [2.05, 4.69) is 4.72 Å². The predicted octanol–water partition coefficient (Wildman–Crippen LogP) is 2.70. The molecule has 0 N–H and O–H groups in total. The maximum absolute atomic E-state index is 11.3. The highest BCUT2D eigenvalue weighted by Crippen LogP contribution is 2.35. The van der Waals surface area contributed by atoms with Crippen LogP contribution in [0.15, 0.2) is 18.2 Å². The fourth-order valence-corrected chi connectivity index (χ4v) is 1.69. The average Bonchev–Trinajstić information content (AvgIpc) is 2.18. The number of ether oxygens (including phenoxy) is 1. The summed E-state index contributed by atoms with van der Waals surface area (Å²) in [5.41, 5.74) is 0.229. The van der Waals surface area contributed by atoms with Gasteiger partial charge >= 0.3 is 0 Å². The van der Waals surface area contributed by atoms with Crippen LogP contribution >= 0.6 is 11.6 Å². The molecule has 84 valence electrons. The largest absolute Gasteiger partial charge is 0.574 e. The van der Waals surface area contributed by atoms with Gasteiger partial charge in [-0.05, 0) is 12.1 Å². The lowest BCUT2D eigenvalue weighted by Gasteiger charge is -2.23. The van der Waals surface area contributed by atoms with Crippen molar-refractivity contribution in [2.45, 2.75) is 6.92 Å². The first kappa shape index (κ1) is 12.1. The zero-order valence-corrected chi connectivity index (χ0v) is 9.97. The van der Waals surface area contributed by atoms with E-state index < -0.39 is 10.0 Å². The first-order chi connectivity index (χ1) is 6.98. The quantitative estimate of drug-likeness (QED) is 0.823. The molecule has 0 aliphatic carbocycles. The summed E-state index contributed by atoms with van der Waals surface area (Å²) in [6.07, 6.45) is 0. The fourth-order valence-electron chi connectivity index (χ4n) is 0.949. The molecule has 1 rings (SSSR count). The number of sulfonamides is 1. The van der Waals surface area contributed by atoms with Gasteiger partial charge < -0.3 is 9.46 Å². The molecule has 0 amide bonds. The summed E-state index contributed by atoms with van der Waals surface area (Å²) in [6.45, 7) is 1.52. The summed E-state index contributed by atoms with van der Waals surface area (Å²) in [5, 5.41) is 0.417. The van der Waals surface area contributed by atoms with Gasteiger partial charge in [-0.15, -0.1) is 0 Å². The topological polar surface area (TPSA) is 57.5 Å². The van der Waals surface area contributed by atoms with Crippen LogP contribution in [0.4, 0.5) is 5.69 Å².